The van der Waals surface area contributed by atoms with Crippen molar-refractivity contribution in [3.63, 3.8) is 0 Å². The molecule has 0 amide bonds. The van der Waals surface area contributed by atoms with Gasteiger partial charge in [0.15, 0.2) is 0 Å². The van der Waals surface area contributed by atoms with Crippen LogP contribution in [0.15, 0.2) is 64.4 Å². The van der Waals surface area contributed by atoms with Crippen molar-refractivity contribution >= 4 is 35.2 Å². The van der Waals surface area contributed by atoms with E-state index in [0.717, 1.165) is 23.5 Å². The van der Waals surface area contributed by atoms with E-state index in [1.165, 1.54) is 24.3 Å². The molecule has 31 heavy (non-hydrogen) atoms. The van der Waals surface area contributed by atoms with E-state index in [1.54, 1.807) is 30.3 Å². The quantitative estimate of drug-likeness (QED) is 0.209. The highest BCUT2D eigenvalue weighted by molar-refractivity contribution is 7.99. The van der Waals surface area contributed by atoms with Gasteiger partial charge >= 0.3 is 0 Å². The minimum Gasteiger partial charge on any atom is -0.384 e. The summed E-state index contributed by atoms with van der Waals surface area (Å²) in [5.41, 5.74) is 12.0. The molecule has 9 heteroatoms. The van der Waals surface area contributed by atoms with Crippen molar-refractivity contribution in [2.75, 3.05) is 0 Å². The maximum atomic E-state index is 14.9. The first kappa shape index (κ1) is 22.8. The highest BCUT2D eigenvalue weighted by Gasteiger charge is 2.13. The minimum absolute atomic E-state index is 0.205. The molecule has 0 fully saturated rings. The van der Waals surface area contributed by atoms with Gasteiger partial charge in [0, 0.05) is 32.4 Å². The fraction of sp³-hybridized carbons (Fsp3) is 0.0909. The third kappa shape index (κ3) is 5.62. The third-order valence-corrected chi connectivity index (χ3v) is 6.59. The first-order valence-corrected chi connectivity index (χ1v) is 11.0. The fourth-order valence-electron chi connectivity index (χ4n) is 2.69. The Kier molecular flexibility index (Phi) is 7.29. The van der Waals surface area contributed by atoms with Crippen LogP contribution in [0.4, 0.5) is 13.2 Å². The number of nitrogens with two attached hydrogens (primary N) is 2. The van der Waals surface area contributed by atoms with Crippen molar-refractivity contribution in [1.82, 2.24) is 0 Å². The van der Waals surface area contributed by atoms with Crippen LogP contribution in [-0.4, -0.2) is 11.7 Å². The molecule has 3 rings (SSSR count). The summed E-state index contributed by atoms with van der Waals surface area (Å²) >= 11 is 2.30. The highest BCUT2D eigenvalue weighted by Crippen LogP contribution is 2.34. The zero-order valence-corrected chi connectivity index (χ0v) is 17.8. The zero-order chi connectivity index (χ0) is 22.5. The van der Waals surface area contributed by atoms with Crippen molar-refractivity contribution in [1.29, 1.82) is 10.8 Å². The molecule has 160 valence electrons. The van der Waals surface area contributed by atoms with Gasteiger partial charge < -0.3 is 11.5 Å². The summed E-state index contributed by atoms with van der Waals surface area (Å²) in [6, 6.07) is 13.4. The summed E-state index contributed by atoms with van der Waals surface area (Å²) in [5.74, 6) is -1.49. The first-order valence-electron chi connectivity index (χ1n) is 9.06. The fourth-order valence-corrected chi connectivity index (χ4v) is 4.67. The summed E-state index contributed by atoms with van der Waals surface area (Å²) in [7, 11) is 0. The molecule has 3 aromatic carbocycles. The molecule has 0 saturated carbocycles. The van der Waals surface area contributed by atoms with Gasteiger partial charge in [-0.15, -0.1) is 23.5 Å². The third-order valence-electron chi connectivity index (χ3n) is 4.42. The molecule has 0 atom stereocenters. The van der Waals surface area contributed by atoms with Crippen molar-refractivity contribution in [3.8, 4) is 0 Å². The van der Waals surface area contributed by atoms with E-state index in [9.17, 15) is 13.2 Å². The van der Waals surface area contributed by atoms with E-state index in [4.69, 9.17) is 22.3 Å². The number of benzene rings is 3. The minimum atomic E-state index is -0.504. The lowest BCUT2D eigenvalue weighted by atomic mass is 10.1. The van der Waals surface area contributed by atoms with E-state index < -0.39 is 17.5 Å². The second-order valence-electron chi connectivity index (χ2n) is 6.59. The number of hydrogen-bond acceptors (Lipinski definition) is 4. The molecule has 0 spiro atoms. The van der Waals surface area contributed by atoms with Crippen LogP contribution >= 0.6 is 23.5 Å². The SMILES string of the molecule is N=C(N)c1ccc(CSc2cccc(SCc3ccc(C(=N)N)cc3F)c2F)c(F)c1. The van der Waals surface area contributed by atoms with E-state index in [1.807, 2.05) is 0 Å². The molecule has 0 bridgehead atoms. The number of halogens is 3. The summed E-state index contributed by atoms with van der Waals surface area (Å²) in [6.07, 6.45) is 0. The molecule has 3 aromatic rings. The smallest absolute Gasteiger partial charge is 0.150 e. The molecule has 0 heterocycles. The first-order chi connectivity index (χ1) is 14.8. The predicted octanol–water partition coefficient (Wildman–Crippen LogP) is 5.26. The molecule has 4 nitrogen and oxygen atoms in total. The van der Waals surface area contributed by atoms with Gasteiger partial charge in [-0.1, -0.05) is 30.3 Å². The van der Waals surface area contributed by atoms with Crippen molar-refractivity contribution in [2.24, 2.45) is 11.5 Å². The van der Waals surface area contributed by atoms with E-state index >= 15 is 0 Å². The second kappa shape index (κ2) is 9.93. The maximum Gasteiger partial charge on any atom is 0.150 e. The summed E-state index contributed by atoms with van der Waals surface area (Å²) < 4.78 is 43.3. The van der Waals surface area contributed by atoms with E-state index in [0.29, 0.717) is 32.0 Å². The largest absolute Gasteiger partial charge is 0.384 e. The topological polar surface area (TPSA) is 99.7 Å². The molecule has 0 aliphatic carbocycles. The highest BCUT2D eigenvalue weighted by atomic mass is 32.2. The maximum absolute atomic E-state index is 14.9. The van der Waals surface area contributed by atoms with Crippen LogP contribution in [0, 0.1) is 28.3 Å². The van der Waals surface area contributed by atoms with E-state index in [-0.39, 0.29) is 23.2 Å². The molecule has 0 unspecified atom stereocenters. The van der Waals surface area contributed by atoms with Gasteiger partial charge in [-0.25, -0.2) is 13.2 Å². The van der Waals surface area contributed by atoms with Crippen LogP contribution in [0.5, 0.6) is 0 Å². The monoisotopic (exact) mass is 460 g/mol. The van der Waals surface area contributed by atoms with Crippen molar-refractivity contribution < 1.29 is 13.2 Å². The van der Waals surface area contributed by atoms with Crippen LogP contribution in [0.1, 0.15) is 22.3 Å². The molecular weight excluding hydrogens is 441 g/mol. The Bertz CT molecular complexity index is 1070. The lowest BCUT2D eigenvalue weighted by Gasteiger charge is -2.10. The molecule has 6 N–H and O–H groups in total. The van der Waals surface area contributed by atoms with E-state index in [2.05, 4.69) is 0 Å². The zero-order valence-electron chi connectivity index (χ0n) is 16.2. The van der Waals surface area contributed by atoms with Crippen molar-refractivity contribution in [3.05, 3.63) is 94.3 Å². The molecule has 0 aliphatic heterocycles. The lowest BCUT2D eigenvalue weighted by molar-refractivity contribution is 0.575. The van der Waals surface area contributed by atoms with Gasteiger partial charge in [0.2, 0.25) is 0 Å². The standard InChI is InChI=1S/C22H19F3N4S2/c23-16-8-12(21(26)27)4-6-14(16)10-30-18-2-1-3-19(20(18)25)31-11-15-7-5-13(22(28)29)9-17(15)24/h1-9H,10-11H2,(H3,26,27)(H3,28,29). The van der Waals surface area contributed by atoms with Gasteiger partial charge in [0.25, 0.3) is 0 Å². The normalized spacial score (nSPS) is 10.8. The van der Waals surface area contributed by atoms with Gasteiger partial charge in [-0.05, 0) is 35.4 Å². The number of thioether (sulfide) groups is 2. The van der Waals surface area contributed by atoms with Crippen molar-refractivity contribution in [2.45, 2.75) is 21.3 Å². The average Bonchev–Trinajstić information content (AvgIpc) is 2.73. The molecular formula is C22H19F3N4S2. The Hall–Kier alpha value is -2.91. The van der Waals surface area contributed by atoms with Crippen LogP contribution in [-0.2, 0) is 11.5 Å². The van der Waals surface area contributed by atoms with Crippen LogP contribution in [0.3, 0.4) is 0 Å². The average molecular weight is 461 g/mol. The van der Waals surface area contributed by atoms with Gasteiger partial charge in [0.05, 0.1) is 0 Å². The number of nitrogen functional groups attached to an aromatic ring is 2. The Morgan fingerprint density at radius 1 is 0.710 bits per heavy atom. The summed E-state index contributed by atoms with van der Waals surface area (Å²) in [4.78, 5) is 0.708. The number of amidine groups is 2. The Labute approximate surface area is 186 Å². The van der Waals surface area contributed by atoms with Gasteiger partial charge in [0.1, 0.15) is 29.1 Å². The number of nitrogens with one attached hydrogen (secondary N) is 2. The second-order valence-corrected chi connectivity index (χ2v) is 8.62. The Morgan fingerprint density at radius 2 is 1.13 bits per heavy atom. The van der Waals surface area contributed by atoms with Gasteiger partial charge in [-0.2, -0.15) is 0 Å². The molecule has 0 saturated heterocycles. The Morgan fingerprint density at radius 3 is 1.48 bits per heavy atom. The van der Waals surface area contributed by atoms with Crippen LogP contribution in [0.2, 0.25) is 0 Å². The van der Waals surface area contributed by atoms with Crippen LogP contribution in [0.25, 0.3) is 0 Å². The summed E-state index contributed by atoms with van der Waals surface area (Å²) in [5, 5.41) is 14.7. The van der Waals surface area contributed by atoms with Gasteiger partial charge in [-0.3, -0.25) is 10.8 Å². The molecule has 0 aromatic heterocycles. The molecule has 0 radical (unpaired) electrons. The molecule has 0 aliphatic rings. The predicted molar refractivity (Wildman–Crippen MR) is 120 cm³/mol. The summed E-state index contributed by atoms with van der Waals surface area (Å²) in [6.45, 7) is 0. The Balaban J connectivity index is 1.69. The van der Waals surface area contributed by atoms with Crippen LogP contribution < -0.4 is 11.5 Å². The lowest BCUT2D eigenvalue weighted by Crippen LogP contribution is -2.11. The number of hydrogen-bond donors (Lipinski definition) is 4. The number of rotatable bonds is 8.